The third-order valence-corrected chi connectivity index (χ3v) is 5.75. The Hall–Kier alpha value is -0.850. The van der Waals surface area contributed by atoms with Crippen molar-refractivity contribution in [2.45, 2.75) is 44.1 Å². The molecule has 0 aromatic heterocycles. The molecule has 2 heterocycles. The third-order valence-electron chi connectivity index (χ3n) is 5.75. The van der Waals surface area contributed by atoms with Crippen LogP contribution in [-0.4, -0.2) is 60.8 Å². The molecule has 0 radical (unpaired) electrons. The van der Waals surface area contributed by atoms with Crippen molar-refractivity contribution in [2.24, 2.45) is 5.92 Å². The van der Waals surface area contributed by atoms with E-state index < -0.39 is 5.60 Å². The van der Waals surface area contributed by atoms with E-state index in [1.807, 2.05) is 23.1 Å². The Morgan fingerprint density at radius 1 is 1.18 bits per heavy atom. The molecule has 1 amide bonds. The van der Waals surface area contributed by atoms with Gasteiger partial charge in [-0.15, -0.1) is 24.8 Å². The van der Waals surface area contributed by atoms with Gasteiger partial charge in [0.25, 0.3) is 5.91 Å². The molecule has 2 fully saturated rings. The number of carbonyl (C=O) groups is 1. The predicted octanol–water partition coefficient (Wildman–Crippen LogP) is 2.41. The second-order valence-corrected chi connectivity index (χ2v) is 7.84. The Morgan fingerprint density at radius 2 is 1.89 bits per heavy atom. The highest BCUT2D eigenvalue weighted by Crippen LogP contribution is 2.23. The van der Waals surface area contributed by atoms with Gasteiger partial charge in [0.15, 0.2) is 5.60 Å². The summed E-state index contributed by atoms with van der Waals surface area (Å²) in [6.07, 6.45) is 5.70. The summed E-state index contributed by atoms with van der Waals surface area (Å²) in [6, 6.07) is 10.4. The van der Waals surface area contributed by atoms with Gasteiger partial charge in [0.2, 0.25) is 0 Å². The minimum absolute atomic E-state index is 0. The molecule has 1 unspecified atom stereocenters. The molecule has 3 rings (SSSR count). The van der Waals surface area contributed by atoms with E-state index in [9.17, 15) is 9.90 Å². The van der Waals surface area contributed by atoms with Gasteiger partial charge in [-0.3, -0.25) is 4.79 Å². The van der Waals surface area contributed by atoms with E-state index >= 15 is 0 Å². The quantitative estimate of drug-likeness (QED) is 0.591. The third kappa shape index (κ3) is 7.20. The summed E-state index contributed by atoms with van der Waals surface area (Å²) in [7, 11) is 0. The highest BCUT2D eigenvalue weighted by molar-refractivity contribution is 5.86. The number of likely N-dealkylation sites (tertiary alicyclic amines) is 1. The fourth-order valence-corrected chi connectivity index (χ4v) is 4.13. The number of rotatable bonds is 8. The van der Waals surface area contributed by atoms with E-state index in [1.165, 1.54) is 18.4 Å². The number of hydrogen-bond acceptors (Lipinski definition) is 4. The zero-order chi connectivity index (χ0) is 18.2. The first-order valence-corrected chi connectivity index (χ1v) is 10.1. The molecule has 5 nitrogen and oxygen atoms in total. The van der Waals surface area contributed by atoms with Gasteiger partial charge in [0.05, 0.1) is 0 Å². The van der Waals surface area contributed by atoms with Crippen molar-refractivity contribution in [2.75, 3.05) is 39.3 Å². The molecular formula is C21H35Cl2N3O2. The van der Waals surface area contributed by atoms with Gasteiger partial charge in [-0.05, 0) is 69.6 Å². The van der Waals surface area contributed by atoms with E-state index in [1.54, 1.807) is 0 Å². The summed E-state index contributed by atoms with van der Waals surface area (Å²) in [4.78, 5) is 14.7. The van der Waals surface area contributed by atoms with Crippen LogP contribution in [0.15, 0.2) is 30.3 Å². The summed E-state index contributed by atoms with van der Waals surface area (Å²) in [6.45, 7) is 4.92. The molecule has 1 aromatic rings. The van der Waals surface area contributed by atoms with Gasteiger partial charge >= 0.3 is 0 Å². The van der Waals surface area contributed by atoms with Crippen LogP contribution in [0.4, 0.5) is 0 Å². The Bertz CT molecular complexity index is 570. The lowest BCUT2D eigenvalue weighted by Gasteiger charge is -2.38. The maximum Gasteiger partial charge on any atom is 0.255 e. The number of halogens is 2. The van der Waals surface area contributed by atoms with Crippen molar-refractivity contribution in [3.8, 4) is 0 Å². The van der Waals surface area contributed by atoms with Crippen molar-refractivity contribution < 1.29 is 9.90 Å². The van der Waals surface area contributed by atoms with Crippen LogP contribution < -0.4 is 10.6 Å². The van der Waals surface area contributed by atoms with Crippen LogP contribution in [0.5, 0.6) is 0 Å². The van der Waals surface area contributed by atoms with Crippen LogP contribution in [0.1, 0.15) is 37.7 Å². The lowest BCUT2D eigenvalue weighted by molar-refractivity contribution is -0.156. The minimum Gasteiger partial charge on any atom is -0.379 e. The van der Waals surface area contributed by atoms with Crippen LogP contribution in [0, 0.1) is 5.92 Å². The normalized spacial score (nSPS) is 23.0. The number of aliphatic hydroxyl groups is 1. The molecule has 7 heteroatoms. The fraction of sp³-hybridized carbons (Fsp3) is 0.667. The molecule has 1 aromatic carbocycles. The predicted molar refractivity (Wildman–Crippen MR) is 118 cm³/mol. The maximum atomic E-state index is 12.8. The number of hydrogen-bond donors (Lipinski definition) is 3. The topological polar surface area (TPSA) is 64.6 Å². The van der Waals surface area contributed by atoms with Crippen molar-refractivity contribution in [1.29, 1.82) is 0 Å². The van der Waals surface area contributed by atoms with Gasteiger partial charge < -0.3 is 20.6 Å². The Morgan fingerprint density at radius 3 is 2.61 bits per heavy atom. The summed E-state index contributed by atoms with van der Waals surface area (Å²) >= 11 is 0. The fourth-order valence-electron chi connectivity index (χ4n) is 4.13. The van der Waals surface area contributed by atoms with Gasteiger partial charge in [-0.1, -0.05) is 30.3 Å². The monoisotopic (exact) mass is 431 g/mol. The number of benzene rings is 1. The van der Waals surface area contributed by atoms with Gasteiger partial charge in [-0.25, -0.2) is 0 Å². The summed E-state index contributed by atoms with van der Waals surface area (Å²) < 4.78 is 0. The number of amides is 1. The Balaban J connectivity index is 0.00000196. The van der Waals surface area contributed by atoms with E-state index in [0.29, 0.717) is 18.9 Å². The molecule has 0 bridgehead atoms. The van der Waals surface area contributed by atoms with Crippen LogP contribution in [0.2, 0.25) is 0 Å². The highest BCUT2D eigenvalue weighted by Gasteiger charge is 2.41. The van der Waals surface area contributed by atoms with E-state index in [0.717, 1.165) is 52.0 Å². The van der Waals surface area contributed by atoms with E-state index in [-0.39, 0.29) is 30.7 Å². The first kappa shape index (κ1) is 25.2. The highest BCUT2D eigenvalue weighted by atomic mass is 35.5. The van der Waals surface area contributed by atoms with Crippen molar-refractivity contribution in [3.05, 3.63) is 35.9 Å². The second kappa shape index (κ2) is 12.7. The molecule has 0 saturated carbocycles. The molecule has 2 aliphatic heterocycles. The average molecular weight is 432 g/mol. The molecule has 0 spiro atoms. The largest absolute Gasteiger partial charge is 0.379 e. The molecule has 0 aliphatic carbocycles. The number of nitrogens with zero attached hydrogens (tertiary/aromatic N) is 1. The van der Waals surface area contributed by atoms with Crippen LogP contribution in [-0.2, 0) is 11.2 Å². The Kier molecular flexibility index (Phi) is 11.4. The number of aryl methyl sites for hydroxylation is 1. The molecule has 3 N–H and O–H groups in total. The van der Waals surface area contributed by atoms with E-state index in [4.69, 9.17) is 0 Å². The standard InChI is InChI=1S/C21H33N3O2.2ClH/c25-20-21(26,17-23-16-19-9-12-22-13-10-19)11-5-15-24(20)14-4-8-18-6-2-1-3-7-18;;/h1-3,6-7,19,22-23,26H,4-5,8-17H2;2*1H. The van der Waals surface area contributed by atoms with Crippen LogP contribution >= 0.6 is 24.8 Å². The van der Waals surface area contributed by atoms with Crippen molar-refractivity contribution >= 4 is 30.7 Å². The summed E-state index contributed by atoms with van der Waals surface area (Å²) in [5.74, 6) is 0.565. The number of nitrogens with one attached hydrogen (secondary N) is 2. The van der Waals surface area contributed by atoms with Crippen molar-refractivity contribution in [1.82, 2.24) is 15.5 Å². The van der Waals surface area contributed by atoms with Crippen LogP contribution in [0.3, 0.4) is 0 Å². The zero-order valence-corrected chi connectivity index (χ0v) is 18.2. The first-order chi connectivity index (χ1) is 12.7. The first-order valence-electron chi connectivity index (χ1n) is 10.1. The average Bonchev–Trinajstić information content (AvgIpc) is 2.67. The summed E-state index contributed by atoms with van der Waals surface area (Å²) in [5, 5.41) is 17.6. The SMILES string of the molecule is Cl.Cl.O=C1N(CCCc2ccccc2)CCCC1(O)CNCC1CCNCC1. The second-order valence-electron chi connectivity index (χ2n) is 7.84. The molecular weight excluding hydrogens is 397 g/mol. The molecule has 2 aliphatic rings. The van der Waals surface area contributed by atoms with E-state index in [2.05, 4.69) is 22.8 Å². The van der Waals surface area contributed by atoms with Crippen molar-refractivity contribution in [3.63, 3.8) is 0 Å². The number of piperidine rings is 2. The lowest BCUT2D eigenvalue weighted by atomic mass is 9.90. The minimum atomic E-state index is -1.22. The maximum absolute atomic E-state index is 12.8. The van der Waals surface area contributed by atoms with Gasteiger partial charge in [0.1, 0.15) is 0 Å². The number of carbonyl (C=O) groups excluding carboxylic acids is 1. The summed E-state index contributed by atoms with van der Waals surface area (Å²) in [5.41, 5.74) is 0.0774. The Labute approximate surface area is 181 Å². The van der Waals surface area contributed by atoms with Crippen LogP contribution in [0.25, 0.3) is 0 Å². The lowest BCUT2D eigenvalue weighted by Crippen LogP contribution is -2.58. The molecule has 28 heavy (non-hydrogen) atoms. The molecule has 1 atom stereocenters. The van der Waals surface area contributed by atoms with Gasteiger partial charge in [-0.2, -0.15) is 0 Å². The molecule has 160 valence electrons. The molecule has 2 saturated heterocycles. The smallest absolute Gasteiger partial charge is 0.255 e. The van der Waals surface area contributed by atoms with Gasteiger partial charge in [0, 0.05) is 19.6 Å². The zero-order valence-electron chi connectivity index (χ0n) is 16.6.